The van der Waals surface area contributed by atoms with Gasteiger partial charge in [0.1, 0.15) is 13.2 Å². The van der Waals surface area contributed by atoms with Crippen molar-refractivity contribution in [3.8, 4) is 11.3 Å². The zero-order valence-electron chi connectivity index (χ0n) is 31.4. The molecule has 3 aromatic carbocycles. The van der Waals surface area contributed by atoms with Crippen LogP contribution in [0.25, 0.3) is 11.3 Å². The van der Waals surface area contributed by atoms with E-state index in [4.69, 9.17) is 4.98 Å². The zero-order valence-corrected chi connectivity index (χ0v) is 32.3. The van der Waals surface area contributed by atoms with Gasteiger partial charge in [0.15, 0.2) is 0 Å². The van der Waals surface area contributed by atoms with Crippen molar-refractivity contribution < 1.29 is 24.1 Å². The summed E-state index contributed by atoms with van der Waals surface area (Å²) in [7, 11) is -2.47. The quantitative estimate of drug-likeness (QED) is 0.162. The normalized spacial score (nSPS) is 20.7. The van der Waals surface area contributed by atoms with Crippen LogP contribution >= 0.6 is 7.14 Å². The van der Waals surface area contributed by atoms with Gasteiger partial charge in [-0.05, 0) is 86.4 Å². The summed E-state index contributed by atoms with van der Waals surface area (Å²) in [6.07, 6.45) is 5.39. The Bertz CT molecular complexity index is 2160. The molecular weight excluding hydrogens is 713 g/mol. The molecule has 3 amide bonds. The Morgan fingerprint density at radius 2 is 1.65 bits per heavy atom. The molecule has 8 rings (SSSR count). The fraction of sp³-hybridized carbons (Fsp3) is 0.405. The molecule has 3 saturated heterocycles. The van der Waals surface area contributed by atoms with Crippen molar-refractivity contribution in [2.24, 2.45) is 0 Å². The van der Waals surface area contributed by atoms with Gasteiger partial charge in [-0.1, -0.05) is 48.5 Å². The van der Waals surface area contributed by atoms with E-state index in [2.05, 4.69) is 49.7 Å². The predicted octanol–water partition coefficient (Wildman–Crippen LogP) is 4.72. The second-order valence-electron chi connectivity index (χ2n) is 15.8. The first-order valence-corrected chi connectivity index (χ1v) is 21.8. The first-order valence-electron chi connectivity index (χ1n) is 19.2. The van der Waals surface area contributed by atoms with E-state index in [0.29, 0.717) is 37.3 Å². The fourth-order valence-corrected chi connectivity index (χ4v) is 9.72. The van der Waals surface area contributed by atoms with Gasteiger partial charge in [0, 0.05) is 80.0 Å². The Kier molecular flexibility index (Phi) is 10.1. The minimum Gasteiger partial charge on any atom is -0.385 e. The Labute approximate surface area is 321 Å². The summed E-state index contributed by atoms with van der Waals surface area (Å²) in [5.74, 6) is -0.340. The van der Waals surface area contributed by atoms with Crippen LogP contribution in [0.5, 0.6) is 0 Å². The molecule has 55 heavy (non-hydrogen) atoms. The molecule has 4 aliphatic rings. The highest BCUT2D eigenvalue weighted by Crippen LogP contribution is 2.39. The molecule has 13 heteroatoms. The van der Waals surface area contributed by atoms with E-state index in [0.717, 1.165) is 73.3 Å². The zero-order chi connectivity index (χ0) is 38.3. The predicted molar refractivity (Wildman–Crippen MR) is 213 cm³/mol. The average molecular weight is 762 g/mol. The van der Waals surface area contributed by atoms with Crippen LogP contribution in [-0.2, 0) is 32.8 Å². The maximum atomic E-state index is 13.1. The Hall–Kier alpha value is -4.90. The minimum atomic E-state index is -2.47. The fourth-order valence-electron chi connectivity index (χ4n) is 8.51. The highest BCUT2D eigenvalue weighted by molar-refractivity contribution is 7.70. The average Bonchev–Trinajstić information content (AvgIpc) is 3.51. The highest BCUT2D eigenvalue weighted by atomic mass is 31.2. The van der Waals surface area contributed by atoms with E-state index < -0.39 is 24.7 Å². The maximum absolute atomic E-state index is 13.1. The minimum absolute atomic E-state index is 0.205. The Morgan fingerprint density at radius 1 is 0.909 bits per heavy atom. The SMILES string of the molecule is CP(C)(=O)c1ccccc1-c1ccnc(NC2CCN(c3ccc(CN4CCC(O)(c5ccc6c(c5)CN(C5CCC(=O)NC5=O)C6=O)CC4)cc3)CC2)n1. The van der Waals surface area contributed by atoms with Crippen molar-refractivity contribution >= 4 is 41.8 Å². The lowest BCUT2D eigenvalue weighted by molar-refractivity contribution is -0.136. The largest absolute Gasteiger partial charge is 0.385 e. The van der Waals surface area contributed by atoms with E-state index in [1.54, 1.807) is 30.5 Å². The van der Waals surface area contributed by atoms with E-state index in [1.807, 2.05) is 42.5 Å². The second-order valence-corrected chi connectivity index (χ2v) is 19.0. The third-order valence-electron chi connectivity index (χ3n) is 11.7. The van der Waals surface area contributed by atoms with Crippen molar-refractivity contribution in [3.05, 3.63) is 101 Å². The van der Waals surface area contributed by atoms with Gasteiger partial charge in [-0.2, -0.15) is 0 Å². The number of aliphatic hydroxyl groups is 1. The number of benzene rings is 3. The van der Waals surface area contributed by atoms with Crippen LogP contribution in [0.4, 0.5) is 11.6 Å². The standard InChI is InChI=1S/C42H48N7O5P/c1-55(2,54)37-6-4-3-5-34(37)35-15-20-43-41(45-35)44-31-16-21-48(22-17-31)32-10-7-28(8-11-32)26-47-23-18-42(53,19-24-47)30-9-12-33-29(25-30)27-49(40(33)52)36-13-14-38(50)46-39(36)51/h3-12,15,20,25,31,36,53H,13-14,16-19,21-24,26-27H2,1-2H3,(H,43,44,45)(H,46,50,51). The molecule has 5 heterocycles. The van der Waals surface area contributed by atoms with Gasteiger partial charge in [-0.15, -0.1) is 0 Å². The van der Waals surface area contributed by atoms with Crippen LogP contribution in [0.3, 0.4) is 0 Å². The Morgan fingerprint density at radius 3 is 2.38 bits per heavy atom. The number of anilines is 2. The van der Waals surface area contributed by atoms with Crippen molar-refractivity contribution in [1.82, 2.24) is 25.1 Å². The number of piperidine rings is 3. The summed E-state index contributed by atoms with van der Waals surface area (Å²) in [6.45, 7) is 8.01. The summed E-state index contributed by atoms with van der Waals surface area (Å²) < 4.78 is 12.9. The van der Waals surface area contributed by atoms with Crippen molar-refractivity contribution in [3.63, 3.8) is 0 Å². The van der Waals surface area contributed by atoms with Gasteiger partial charge >= 0.3 is 0 Å². The molecule has 4 aromatic rings. The number of rotatable bonds is 9. The second kappa shape index (κ2) is 15.0. The molecule has 0 bridgehead atoms. The number of aromatic nitrogens is 2. The summed E-state index contributed by atoms with van der Waals surface area (Å²) in [6, 6.07) is 23.6. The van der Waals surface area contributed by atoms with Crippen LogP contribution in [0, 0.1) is 0 Å². The van der Waals surface area contributed by atoms with Crippen LogP contribution in [0.15, 0.2) is 79.0 Å². The third kappa shape index (κ3) is 7.81. The van der Waals surface area contributed by atoms with E-state index in [9.17, 15) is 24.1 Å². The monoisotopic (exact) mass is 761 g/mol. The van der Waals surface area contributed by atoms with Crippen LogP contribution < -0.4 is 20.8 Å². The van der Waals surface area contributed by atoms with Gasteiger partial charge in [0.25, 0.3) is 5.91 Å². The third-order valence-corrected chi connectivity index (χ3v) is 13.2. The number of hydrogen-bond acceptors (Lipinski definition) is 10. The molecule has 1 atom stereocenters. The molecule has 4 aliphatic heterocycles. The number of nitrogens with one attached hydrogen (secondary N) is 2. The van der Waals surface area contributed by atoms with Gasteiger partial charge in [0.2, 0.25) is 17.8 Å². The molecule has 0 radical (unpaired) electrons. The molecule has 0 spiro atoms. The number of hydrogen-bond donors (Lipinski definition) is 3. The van der Waals surface area contributed by atoms with Gasteiger partial charge in [-0.3, -0.25) is 24.6 Å². The number of nitrogens with zero attached hydrogens (tertiary/aromatic N) is 5. The van der Waals surface area contributed by atoms with E-state index in [-0.39, 0.29) is 24.3 Å². The number of carbonyl (C=O) groups is 3. The molecule has 1 aromatic heterocycles. The van der Waals surface area contributed by atoms with Crippen molar-refractivity contribution in [2.45, 2.75) is 69.3 Å². The number of amides is 3. The van der Waals surface area contributed by atoms with Gasteiger partial charge < -0.3 is 24.8 Å². The van der Waals surface area contributed by atoms with Crippen LogP contribution in [0.1, 0.15) is 65.6 Å². The summed E-state index contributed by atoms with van der Waals surface area (Å²) in [4.78, 5) is 52.9. The molecule has 1 unspecified atom stereocenters. The van der Waals surface area contributed by atoms with Gasteiger partial charge in [-0.25, -0.2) is 9.97 Å². The molecule has 12 nitrogen and oxygen atoms in total. The topological polar surface area (TPSA) is 148 Å². The molecule has 0 saturated carbocycles. The Balaban J connectivity index is 0.818. The number of fused-ring (bicyclic) bond motifs is 1. The first kappa shape index (κ1) is 37.0. The lowest BCUT2D eigenvalue weighted by atomic mass is 9.83. The first-order chi connectivity index (χ1) is 26.4. The maximum Gasteiger partial charge on any atom is 0.255 e. The molecule has 3 N–H and O–H groups in total. The summed E-state index contributed by atoms with van der Waals surface area (Å²) in [5, 5.41) is 18.5. The summed E-state index contributed by atoms with van der Waals surface area (Å²) >= 11 is 0. The van der Waals surface area contributed by atoms with Crippen molar-refractivity contribution in [2.75, 3.05) is 49.7 Å². The van der Waals surface area contributed by atoms with Gasteiger partial charge in [0.05, 0.1) is 11.3 Å². The summed E-state index contributed by atoms with van der Waals surface area (Å²) in [5.41, 5.74) is 5.29. The molecular formula is C42H48N7O5P. The van der Waals surface area contributed by atoms with E-state index in [1.165, 1.54) is 11.3 Å². The van der Waals surface area contributed by atoms with Crippen LogP contribution in [0.2, 0.25) is 0 Å². The molecule has 3 fully saturated rings. The molecule has 0 aliphatic carbocycles. The van der Waals surface area contributed by atoms with Crippen LogP contribution in [-0.4, -0.2) is 94.2 Å². The van der Waals surface area contributed by atoms with E-state index >= 15 is 0 Å². The number of carbonyl (C=O) groups excluding carboxylic acids is 3. The van der Waals surface area contributed by atoms with Crippen molar-refractivity contribution in [1.29, 1.82) is 0 Å². The molecule has 286 valence electrons. The smallest absolute Gasteiger partial charge is 0.255 e. The lowest BCUT2D eigenvalue weighted by Crippen LogP contribution is -2.52. The lowest BCUT2D eigenvalue weighted by Gasteiger charge is -2.39. The number of imide groups is 1. The highest BCUT2D eigenvalue weighted by Gasteiger charge is 2.41. The number of likely N-dealkylation sites (tertiary alicyclic amines) is 1.